The van der Waals surface area contributed by atoms with E-state index in [1.165, 1.54) is 5.57 Å². The number of hydrogen-bond acceptors (Lipinski definition) is 2. The van der Waals surface area contributed by atoms with Gasteiger partial charge in [-0.25, -0.2) is 0 Å². The monoisotopic (exact) mass is 224 g/mol. The Bertz CT molecular complexity index is 247. The number of ether oxygens (including phenoxy) is 1. The first-order valence-electron chi connectivity index (χ1n) is 6.04. The summed E-state index contributed by atoms with van der Waals surface area (Å²) in [4.78, 5) is 11.5. The summed E-state index contributed by atoms with van der Waals surface area (Å²) in [6, 6.07) is 0. The lowest BCUT2D eigenvalue weighted by molar-refractivity contribution is -0.147. The largest absolute Gasteiger partial charge is 0.465 e. The van der Waals surface area contributed by atoms with E-state index in [0.717, 1.165) is 19.3 Å². The van der Waals surface area contributed by atoms with Gasteiger partial charge in [0.05, 0.1) is 12.5 Å². The van der Waals surface area contributed by atoms with Gasteiger partial charge in [0.25, 0.3) is 0 Å². The van der Waals surface area contributed by atoms with E-state index in [1.54, 1.807) is 0 Å². The third kappa shape index (κ3) is 8.27. The maximum absolute atomic E-state index is 11.5. The van der Waals surface area contributed by atoms with Crippen LogP contribution in [0.25, 0.3) is 0 Å². The van der Waals surface area contributed by atoms with Crippen LogP contribution in [0.4, 0.5) is 0 Å². The zero-order valence-electron chi connectivity index (χ0n) is 11.0. The molecule has 0 aliphatic heterocycles. The molecule has 16 heavy (non-hydrogen) atoms. The van der Waals surface area contributed by atoms with E-state index in [-0.39, 0.29) is 11.9 Å². The van der Waals surface area contributed by atoms with Crippen molar-refractivity contribution in [3.63, 3.8) is 0 Å². The van der Waals surface area contributed by atoms with Crippen molar-refractivity contribution in [3.8, 4) is 0 Å². The van der Waals surface area contributed by atoms with E-state index in [1.807, 2.05) is 39.0 Å². The van der Waals surface area contributed by atoms with Crippen LogP contribution in [0.1, 0.15) is 47.0 Å². The fourth-order valence-corrected chi connectivity index (χ4v) is 1.10. The molecular weight excluding hydrogens is 200 g/mol. The lowest BCUT2D eigenvalue weighted by Crippen LogP contribution is -2.14. The Balaban J connectivity index is 3.79. The second kappa shape index (κ2) is 9.20. The first-order valence-corrected chi connectivity index (χ1v) is 6.04. The summed E-state index contributed by atoms with van der Waals surface area (Å²) in [5.74, 6) is -0.131. The van der Waals surface area contributed by atoms with E-state index < -0.39 is 0 Å². The third-order valence-electron chi connectivity index (χ3n) is 2.20. The molecule has 1 unspecified atom stereocenters. The van der Waals surface area contributed by atoms with Gasteiger partial charge in [-0.05, 0) is 26.7 Å². The molecular formula is C14H24O2. The van der Waals surface area contributed by atoms with E-state index >= 15 is 0 Å². The zero-order chi connectivity index (χ0) is 12.4. The highest BCUT2D eigenvalue weighted by Gasteiger charge is 2.11. The van der Waals surface area contributed by atoms with Crippen molar-refractivity contribution in [1.29, 1.82) is 0 Å². The first-order chi connectivity index (χ1) is 7.57. The Morgan fingerprint density at radius 2 is 2.06 bits per heavy atom. The fraction of sp³-hybridized carbons (Fsp3) is 0.643. The summed E-state index contributed by atoms with van der Waals surface area (Å²) in [6.07, 6.45) is 8.79. The Hall–Kier alpha value is -1.05. The van der Waals surface area contributed by atoms with Crippen molar-refractivity contribution in [3.05, 3.63) is 23.8 Å². The van der Waals surface area contributed by atoms with Gasteiger partial charge in [0.2, 0.25) is 0 Å². The average Bonchev–Trinajstić information content (AvgIpc) is 2.24. The highest BCUT2D eigenvalue weighted by Crippen LogP contribution is 2.06. The Kier molecular flexibility index (Phi) is 8.59. The molecule has 0 rings (SSSR count). The Morgan fingerprint density at radius 3 is 2.62 bits per heavy atom. The number of hydrogen-bond donors (Lipinski definition) is 0. The molecule has 0 fully saturated rings. The van der Waals surface area contributed by atoms with Gasteiger partial charge in [-0.1, -0.05) is 44.1 Å². The molecule has 0 heterocycles. The number of rotatable bonds is 7. The standard InChI is InChI=1S/C14H24O2/c1-5-6-11-16-14(15)13(4)10-8-7-9-12(2)3/h7-9,13H,5-6,10-11H2,1-4H3/b8-7-. The maximum atomic E-state index is 11.5. The van der Waals surface area contributed by atoms with Crippen molar-refractivity contribution in [2.24, 2.45) is 5.92 Å². The summed E-state index contributed by atoms with van der Waals surface area (Å²) >= 11 is 0. The zero-order valence-corrected chi connectivity index (χ0v) is 11.0. The van der Waals surface area contributed by atoms with Gasteiger partial charge in [-0.3, -0.25) is 4.79 Å². The van der Waals surface area contributed by atoms with Crippen molar-refractivity contribution in [2.75, 3.05) is 6.61 Å². The molecule has 0 spiro atoms. The van der Waals surface area contributed by atoms with Crippen LogP contribution in [-0.4, -0.2) is 12.6 Å². The van der Waals surface area contributed by atoms with Crippen molar-refractivity contribution in [2.45, 2.75) is 47.0 Å². The molecule has 92 valence electrons. The van der Waals surface area contributed by atoms with Gasteiger partial charge in [-0.15, -0.1) is 0 Å². The van der Waals surface area contributed by atoms with Crippen LogP contribution < -0.4 is 0 Å². The molecule has 2 nitrogen and oxygen atoms in total. The van der Waals surface area contributed by atoms with Crippen molar-refractivity contribution < 1.29 is 9.53 Å². The Morgan fingerprint density at radius 1 is 1.38 bits per heavy atom. The molecule has 0 aromatic carbocycles. The lowest BCUT2D eigenvalue weighted by atomic mass is 10.1. The lowest BCUT2D eigenvalue weighted by Gasteiger charge is -2.08. The fourth-order valence-electron chi connectivity index (χ4n) is 1.10. The van der Waals surface area contributed by atoms with Crippen LogP contribution in [0.5, 0.6) is 0 Å². The van der Waals surface area contributed by atoms with E-state index in [9.17, 15) is 4.79 Å². The number of allylic oxidation sites excluding steroid dienone is 4. The molecule has 0 saturated heterocycles. The first kappa shape index (κ1) is 14.9. The predicted molar refractivity (Wildman–Crippen MR) is 68.2 cm³/mol. The molecule has 0 aliphatic carbocycles. The molecule has 0 N–H and O–H groups in total. The number of carbonyl (C=O) groups excluding carboxylic acids is 1. The quantitative estimate of drug-likeness (QED) is 0.373. The minimum atomic E-state index is -0.0877. The molecule has 0 aromatic heterocycles. The average molecular weight is 224 g/mol. The van der Waals surface area contributed by atoms with Crippen molar-refractivity contribution >= 4 is 5.97 Å². The van der Waals surface area contributed by atoms with Crippen molar-refractivity contribution in [1.82, 2.24) is 0 Å². The predicted octanol–water partition coefficient (Wildman–Crippen LogP) is 3.88. The minimum absolute atomic E-state index is 0.0429. The van der Waals surface area contributed by atoms with Crippen LogP contribution in [0.2, 0.25) is 0 Å². The topological polar surface area (TPSA) is 26.3 Å². The number of unbranched alkanes of at least 4 members (excludes halogenated alkanes) is 1. The van der Waals surface area contributed by atoms with Gasteiger partial charge in [0, 0.05) is 0 Å². The highest BCUT2D eigenvalue weighted by molar-refractivity contribution is 5.72. The molecule has 0 aromatic rings. The van der Waals surface area contributed by atoms with Crippen LogP contribution in [0.3, 0.4) is 0 Å². The molecule has 1 atom stereocenters. The van der Waals surface area contributed by atoms with Crippen LogP contribution in [0, 0.1) is 5.92 Å². The van der Waals surface area contributed by atoms with Gasteiger partial charge in [-0.2, -0.15) is 0 Å². The van der Waals surface area contributed by atoms with Gasteiger partial charge in [0.15, 0.2) is 0 Å². The normalized spacial score (nSPS) is 12.5. The number of esters is 1. The molecule has 0 radical (unpaired) electrons. The maximum Gasteiger partial charge on any atom is 0.308 e. The number of carbonyl (C=O) groups is 1. The van der Waals surface area contributed by atoms with Gasteiger partial charge in [0.1, 0.15) is 0 Å². The van der Waals surface area contributed by atoms with Gasteiger partial charge >= 0.3 is 5.97 Å². The van der Waals surface area contributed by atoms with E-state index in [0.29, 0.717) is 6.61 Å². The van der Waals surface area contributed by atoms with Gasteiger partial charge < -0.3 is 4.74 Å². The van der Waals surface area contributed by atoms with Crippen LogP contribution in [-0.2, 0) is 9.53 Å². The molecule has 0 bridgehead atoms. The second-order valence-corrected chi connectivity index (χ2v) is 4.33. The summed E-state index contributed by atoms with van der Waals surface area (Å²) < 4.78 is 5.13. The molecule has 0 amide bonds. The second-order valence-electron chi connectivity index (χ2n) is 4.33. The summed E-state index contributed by atoms with van der Waals surface area (Å²) in [6.45, 7) is 8.64. The Labute approximate surface area is 99.4 Å². The van der Waals surface area contributed by atoms with E-state index in [4.69, 9.17) is 4.74 Å². The van der Waals surface area contributed by atoms with Crippen LogP contribution >= 0.6 is 0 Å². The summed E-state index contributed by atoms with van der Waals surface area (Å²) in [5.41, 5.74) is 1.26. The molecule has 0 aliphatic rings. The van der Waals surface area contributed by atoms with Crippen LogP contribution in [0.15, 0.2) is 23.8 Å². The SMILES string of the molecule is CCCCOC(=O)C(C)C/C=C\C=C(C)C. The molecule has 2 heteroatoms. The smallest absolute Gasteiger partial charge is 0.308 e. The third-order valence-corrected chi connectivity index (χ3v) is 2.20. The van der Waals surface area contributed by atoms with E-state index in [2.05, 4.69) is 6.92 Å². The summed E-state index contributed by atoms with van der Waals surface area (Å²) in [5, 5.41) is 0. The minimum Gasteiger partial charge on any atom is -0.465 e. The molecule has 0 saturated carbocycles. The highest BCUT2D eigenvalue weighted by atomic mass is 16.5. The summed E-state index contributed by atoms with van der Waals surface area (Å²) in [7, 11) is 0.